The van der Waals surface area contributed by atoms with Gasteiger partial charge in [0.1, 0.15) is 0 Å². The number of nitrogens with two attached hydrogens (primary N) is 1. The van der Waals surface area contributed by atoms with Crippen molar-refractivity contribution >= 4 is 11.7 Å². The maximum Gasteiger partial charge on any atom is 0.307 e. The van der Waals surface area contributed by atoms with Crippen LogP contribution in [0, 0.1) is 10.1 Å². The fraction of sp³-hybridized carbons (Fsp3) is 0.417. The number of non-ortho nitro benzene ring substituents is 1. The lowest BCUT2D eigenvalue weighted by Gasteiger charge is -2.23. The van der Waals surface area contributed by atoms with E-state index in [9.17, 15) is 14.9 Å². The Bertz CT molecular complexity index is 440. The average molecular weight is 252 g/mol. The quantitative estimate of drug-likeness (QED) is 0.489. The summed E-state index contributed by atoms with van der Waals surface area (Å²) >= 11 is 0. The molecule has 1 aromatic rings. The highest BCUT2D eigenvalue weighted by molar-refractivity contribution is 5.71. The molecule has 1 rings (SSSR count). The first kappa shape index (κ1) is 14.1. The number of hydrogen-bond acceptors (Lipinski definition) is 5. The normalized spacial score (nSPS) is 13.7. The fourth-order valence-corrected chi connectivity index (χ4v) is 1.58. The van der Waals surface area contributed by atoms with Gasteiger partial charge in [0.05, 0.1) is 18.0 Å². The Balaban J connectivity index is 2.84. The van der Waals surface area contributed by atoms with Gasteiger partial charge in [-0.05, 0) is 19.4 Å². The summed E-state index contributed by atoms with van der Waals surface area (Å²) in [6.45, 7) is 3.71. The molecule has 1 aromatic carbocycles. The Labute approximate surface area is 105 Å². The molecule has 0 spiro atoms. The van der Waals surface area contributed by atoms with Crippen LogP contribution < -0.4 is 5.73 Å². The van der Waals surface area contributed by atoms with Crippen molar-refractivity contribution < 1.29 is 14.5 Å². The van der Waals surface area contributed by atoms with Crippen LogP contribution in [0.3, 0.4) is 0 Å². The predicted molar refractivity (Wildman–Crippen MR) is 65.9 cm³/mol. The molecule has 0 saturated heterocycles. The lowest BCUT2D eigenvalue weighted by atomic mass is 9.90. The molecule has 2 N–H and O–H groups in total. The monoisotopic (exact) mass is 252 g/mol. The van der Waals surface area contributed by atoms with Crippen molar-refractivity contribution in [1.82, 2.24) is 0 Å². The highest BCUT2D eigenvalue weighted by Gasteiger charge is 2.26. The average Bonchev–Trinajstić information content (AvgIpc) is 2.28. The minimum absolute atomic E-state index is 0.00863. The molecule has 0 fully saturated rings. The molecule has 6 nitrogen and oxygen atoms in total. The van der Waals surface area contributed by atoms with Crippen LogP contribution in [0.1, 0.15) is 25.8 Å². The van der Waals surface area contributed by atoms with Crippen molar-refractivity contribution in [2.24, 2.45) is 5.73 Å². The largest absolute Gasteiger partial charge is 0.466 e. The number of nitrogens with zero attached hydrogens (tertiary/aromatic N) is 1. The lowest BCUT2D eigenvalue weighted by molar-refractivity contribution is -0.384. The van der Waals surface area contributed by atoms with Crippen molar-refractivity contribution in [3.05, 3.63) is 39.9 Å². The van der Waals surface area contributed by atoms with Gasteiger partial charge in [-0.3, -0.25) is 14.9 Å². The Kier molecular flexibility index (Phi) is 4.38. The molecule has 0 heterocycles. The van der Waals surface area contributed by atoms with E-state index < -0.39 is 10.5 Å². The number of benzene rings is 1. The Morgan fingerprint density at radius 1 is 1.44 bits per heavy atom. The Hall–Kier alpha value is -1.95. The molecule has 0 saturated carbocycles. The van der Waals surface area contributed by atoms with E-state index in [0.29, 0.717) is 12.2 Å². The molecule has 0 aromatic heterocycles. The van der Waals surface area contributed by atoms with Gasteiger partial charge in [-0.1, -0.05) is 12.1 Å². The van der Waals surface area contributed by atoms with Crippen LogP contribution in [0.15, 0.2) is 24.3 Å². The van der Waals surface area contributed by atoms with E-state index in [0.717, 1.165) is 0 Å². The van der Waals surface area contributed by atoms with Gasteiger partial charge < -0.3 is 10.5 Å². The molecule has 98 valence electrons. The molecule has 1 unspecified atom stereocenters. The summed E-state index contributed by atoms with van der Waals surface area (Å²) in [4.78, 5) is 21.4. The van der Waals surface area contributed by atoms with Crippen LogP contribution in [0.5, 0.6) is 0 Å². The third-order valence-electron chi connectivity index (χ3n) is 2.55. The highest BCUT2D eigenvalue weighted by atomic mass is 16.6. The fourth-order valence-electron chi connectivity index (χ4n) is 1.58. The number of rotatable bonds is 5. The van der Waals surface area contributed by atoms with Gasteiger partial charge in [0.15, 0.2) is 0 Å². The smallest absolute Gasteiger partial charge is 0.307 e. The topological polar surface area (TPSA) is 95.5 Å². The molecule has 0 radical (unpaired) electrons. The van der Waals surface area contributed by atoms with E-state index in [-0.39, 0.29) is 18.1 Å². The molecular formula is C12H16N2O4. The molecule has 0 amide bonds. The van der Waals surface area contributed by atoms with E-state index in [1.165, 1.54) is 12.1 Å². The van der Waals surface area contributed by atoms with Gasteiger partial charge >= 0.3 is 5.97 Å². The van der Waals surface area contributed by atoms with Crippen molar-refractivity contribution in [2.45, 2.75) is 25.8 Å². The summed E-state index contributed by atoms with van der Waals surface area (Å²) in [5.41, 5.74) is 5.77. The van der Waals surface area contributed by atoms with Crippen molar-refractivity contribution in [2.75, 3.05) is 6.61 Å². The van der Waals surface area contributed by atoms with Crippen molar-refractivity contribution in [1.29, 1.82) is 0 Å². The molecule has 0 bridgehead atoms. The number of nitro groups is 1. The zero-order valence-corrected chi connectivity index (χ0v) is 10.4. The van der Waals surface area contributed by atoms with Gasteiger partial charge in [0.2, 0.25) is 0 Å². The molecule has 6 heteroatoms. The first-order valence-electron chi connectivity index (χ1n) is 5.56. The lowest BCUT2D eigenvalue weighted by Crippen LogP contribution is -2.36. The van der Waals surface area contributed by atoms with Gasteiger partial charge in [-0.25, -0.2) is 0 Å². The Morgan fingerprint density at radius 2 is 2.00 bits per heavy atom. The Morgan fingerprint density at radius 3 is 2.44 bits per heavy atom. The first-order chi connectivity index (χ1) is 8.36. The van der Waals surface area contributed by atoms with E-state index >= 15 is 0 Å². The second-order valence-electron chi connectivity index (χ2n) is 4.20. The van der Waals surface area contributed by atoms with Crippen molar-refractivity contribution in [3.63, 3.8) is 0 Å². The van der Waals surface area contributed by atoms with E-state index in [4.69, 9.17) is 10.5 Å². The zero-order valence-electron chi connectivity index (χ0n) is 10.4. The minimum atomic E-state index is -0.901. The molecular weight excluding hydrogens is 236 g/mol. The summed E-state index contributed by atoms with van der Waals surface area (Å²) in [5.74, 6) is -0.388. The number of nitro benzene ring substituents is 1. The van der Waals surface area contributed by atoms with Crippen LogP contribution in [-0.4, -0.2) is 17.5 Å². The molecule has 0 aliphatic rings. The van der Waals surface area contributed by atoms with Crippen LogP contribution in [0.25, 0.3) is 0 Å². The molecule has 18 heavy (non-hydrogen) atoms. The van der Waals surface area contributed by atoms with Gasteiger partial charge in [0.25, 0.3) is 5.69 Å². The van der Waals surface area contributed by atoms with Gasteiger partial charge in [-0.2, -0.15) is 0 Å². The van der Waals surface area contributed by atoms with Crippen LogP contribution in [0.4, 0.5) is 5.69 Å². The number of ether oxygens (including phenoxy) is 1. The minimum Gasteiger partial charge on any atom is -0.466 e. The highest BCUT2D eigenvalue weighted by Crippen LogP contribution is 2.24. The van der Waals surface area contributed by atoms with Crippen LogP contribution in [0.2, 0.25) is 0 Å². The number of carbonyl (C=O) groups excluding carboxylic acids is 1. The molecule has 0 aliphatic heterocycles. The van der Waals surface area contributed by atoms with Crippen LogP contribution in [-0.2, 0) is 15.1 Å². The van der Waals surface area contributed by atoms with Crippen LogP contribution >= 0.6 is 0 Å². The maximum absolute atomic E-state index is 11.4. The standard InChI is InChI=1S/C12H16N2O4/c1-3-18-11(15)8-12(2,13)9-4-6-10(7-5-9)14(16)17/h4-7H,3,8,13H2,1-2H3. The summed E-state index contributed by atoms with van der Waals surface area (Å²) < 4.78 is 4.83. The van der Waals surface area contributed by atoms with E-state index in [2.05, 4.69) is 0 Å². The number of carbonyl (C=O) groups is 1. The zero-order chi connectivity index (χ0) is 13.8. The predicted octanol–water partition coefficient (Wildman–Crippen LogP) is 1.72. The number of esters is 1. The van der Waals surface area contributed by atoms with Crippen molar-refractivity contribution in [3.8, 4) is 0 Å². The summed E-state index contributed by atoms with van der Waals surface area (Å²) in [7, 11) is 0. The third-order valence-corrected chi connectivity index (χ3v) is 2.55. The van der Waals surface area contributed by atoms with Gasteiger partial charge in [0, 0.05) is 17.7 Å². The second kappa shape index (κ2) is 5.59. The summed E-state index contributed by atoms with van der Waals surface area (Å²) in [5, 5.41) is 10.5. The van der Waals surface area contributed by atoms with E-state index in [1.807, 2.05) is 0 Å². The SMILES string of the molecule is CCOC(=O)CC(C)(N)c1ccc([N+](=O)[O-])cc1. The number of hydrogen-bond donors (Lipinski definition) is 1. The van der Waals surface area contributed by atoms with E-state index in [1.54, 1.807) is 26.0 Å². The summed E-state index contributed by atoms with van der Waals surface area (Å²) in [6.07, 6.45) is 0.0264. The summed E-state index contributed by atoms with van der Waals surface area (Å²) in [6, 6.07) is 5.84. The molecule has 1 atom stereocenters. The first-order valence-corrected chi connectivity index (χ1v) is 5.56. The molecule has 0 aliphatic carbocycles. The maximum atomic E-state index is 11.4. The van der Waals surface area contributed by atoms with Gasteiger partial charge in [-0.15, -0.1) is 0 Å². The third kappa shape index (κ3) is 3.53. The second-order valence-corrected chi connectivity index (χ2v) is 4.20.